The molecule has 0 saturated heterocycles. The maximum Gasteiger partial charge on any atom is 0.253 e. The zero-order chi connectivity index (χ0) is 11.0. The van der Waals surface area contributed by atoms with Crippen LogP contribution in [0, 0.1) is 0 Å². The van der Waals surface area contributed by atoms with Crippen LogP contribution in [0.1, 0.15) is 5.56 Å². The molecule has 0 bridgehead atoms. The third-order valence-electron chi connectivity index (χ3n) is 2.15. The lowest BCUT2D eigenvalue weighted by molar-refractivity contribution is 0.0795. The van der Waals surface area contributed by atoms with Crippen LogP contribution in [0.3, 0.4) is 0 Å². The lowest BCUT2D eigenvalue weighted by atomic mass is 10.2. The Balaban J connectivity index is 3.10. The van der Waals surface area contributed by atoms with Gasteiger partial charge < -0.3 is 0 Å². The van der Waals surface area contributed by atoms with Gasteiger partial charge in [-0.05, 0) is 12.1 Å². The summed E-state index contributed by atoms with van der Waals surface area (Å²) in [6.07, 6.45) is 0. The minimum absolute atomic E-state index is 0.125. The molecule has 0 radical (unpaired) electrons. The van der Waals surface area contributed by atoms with Gasteiger partial charge in [0.25, 0.3) is 5.55 Å². The molecule has 0 atom stereocenters. The molecule has 0 aliphatic heterocycles. The molecule has 1 rings (SSSR count). The first-order valence-electron chi connectivity index (χ1n) is 4.39. The van der Waals surface area contributed by atoms with Gasteiger partial charge in [0.15, 0.2) is 0 Å². The van der Waals surface area contributed by atoms with Crippen molar-refractivity contribution in [1.29, 1.82) is 0 Å². The van der Waals surface area contributed by atoms with Crippen molar-refractivity contribution >= 4 is 24.0 Å². The Morgan fingerprint density at radius 2 is 1.50 bits per heavy atom. The Labute approximate surface area is 92.5 Å². The standard InChI is InChI=1S/C10H13BrF2Si/c1-14(2,3)10(12,13)8-4-6-9(11)7-5-8/h4-7H,1-3H3. The summed E-state index contributed by atoms with van der Waals surface area (Å²) in [6.45, 7) is 5.03. The number of alkyl halides is 2. The monoisotopic (exact) mass is 278 g/mol. The third-order valence-corrected chi connectivity index (χ3v) is 4.85. The van der Waals surface area contributed by atoms with Crippen LogP contribution < -0.4 is 0 Å². The molecule has 0 spiro atoms. The Bertz CT molecular complexity index is 314. The maximum absolute atomic E-state index is 13.8. The molecule has 0 fully saturated rings. The van der Waals surface area contributed by atoms with E-state index in [9.17, 15) is 8.78 Å². The number of hydrogen-bond donors (Lipinski definition) is 0. The molecule has 0 amide bonds. The molecule has 0 aliphatic carbocycles. The summed E-state index contributed by atoms with van der Waals surface area (Å²) in [5.41, 5.74) is -2.53. The van der Waals surface area contributed by atoms with Gasteiger partial charge in [0.05, 0.1) is 0 Å². The highest BCUT2D eigenvalue weighted by molar-refractivity contribution is 9.10. The number of benzene rings is 1. The van der Waals surface area contributed by atoms with Gasteiger partial charge in [-0.1, -0.05) is 47.7 Å². The molecule has 0 aliphatic rings. The third kappa shape index (κ3) is 2.23. The van der Waals surface area contributed by atoms with Crippen LogP contribution in [0.2, 0.25) is 19.6 Å². The second-order valence-electron chi connectivity index (χ2n) is 4.33. The van der Waals surface area contributed by atoms with Gasteiger partial charge in [0.2, 0.25) is 0 Å². The zero-order valence-electron chi connectivity index (χ0n) is 8.44. The van der Waals surface area contributed by atoms with E-state index in [0.29, 0.717) is 0 Å². The largest absolute Gasteiger partial charge is 0.253 e. The van der Waals surface area contributed by atoms with E-state index in [0.717, 1.165) is 4.47 Å². The van der Waals surface area contributed by atoms with Crippen molar-refractivity contribution in [3.63, 3.8) is 0 Å². The number of rotatable bonds is 2. The fourth-order valence-corrected chi connectivity index (χ4v) is 2.39. The lowest BCUT2D eigenvalue weighted by Crippen LogP contribution is -2.42. The van der Waals surface area contributed by atoms with Crippen molar-refractivity contribution in [3.8, 4) is 0 Å². The van der Waals surface area contributed by atoms with E-state index in [-0.39, 0.29) is 5.56 Å². The fourth-order valence-electron chi connectivity index (χ4n) is 1.09. The zero-order valence-corrected chi connectivity index (χ0v) is 11.0. The predicted octanol–water partition coefficient (Wildman–Crippen LogP) is 4.42. The van der Waals surface area contributed by atoms with Gasteiger partial charge in [0.1, 0.15) is 8.07 Å². The lowest BCUT2D eigenvalue weighted by Gasteiger charge is -2.28. The predicted molar refractivity (Wildman–Crippen MR) is 61.4 cm³/mol. The van der Waals surface area contributed by atoms with Crippen LogP contribution in [0.15, 0.2) is 28.7 Å². The van der Waals surface area contributed by atoms with E-state index >= 15 is 0 Å². The van der Waals surface area contributed by atoms with Crippen LogP contribution in [0.5, 0.6) is 0 Å². The van der Waals surface area contributed by atoms with Crippen molar-refractivity contribution in [2.75, 3.05) is 0 Å². The molecule has 0 saturated carbocycles. The van der Waals surface area contributed by atoms with Gasteiger partial charge in [-0.2, -0.15) is 0 Å². The van der Waals surface area contributed by atoms with Crippen molar-refractivity contribution in [1.82, 2.24) is 0 Å². The first kappa shape index (κ1) is 11.8. The Morgan fingerprint density at radius 3 is 1.86 bits per heavy atom. The highest BCUT2D eigenvalue weighted by Gasteiger charge is 2.46. The summed E-state index contributed by atoms with van der Waals surface area (Å²) in [6, 6.07) is 6.29. The smallest absolute Gasteiger partial charge is 0.207 e. The first-order chi connectivity index (χ1) is 6.25. The summed E-state index contributed by atoms with van der Waals surface area (Å²) < 4.78 is 28.5. The second kappa shape index (κ2) is 3.74. The van der Waals surface area contributed by atoms with Gasteiger partial charge in [-0.3, -0.25) is 0 Å². The van der Waals surface area contributed by atoms with E-state index in [4.69, 9.17) is 0 Å². The Morgan fingerprint density at radius 1 is 1.07 bits per heavy atom. The maximum atomic E-state index is 13.8. The molecule has 0 heterocycles. The summed E-state index contributed by atoms with van der Waals surface area (Å²) in [4.78, 5) is 0. The minimum Gasteiger partial charge on any atom is -0.207 e. The molecular weight excluding hydrogens is 266 g/mol. The number of hydrogen-bond acceptors (Lipinski definition) is 0. The molecule has 0 unspecified atom stereocenters. The van der Waals surface area contributed by atoms with E-state index in [1.807, 2.05) is 0 Å². The molecule has 0 nitrogen and oxygen atoms in total. The van der Waals surface area contributed by atoms with Gasteiger partial charge in [-0.15, -0.1) is 0 Å². The second-order valence-corrected chi connectivity index (χ2v) is 10.4. The molecule has 0 N–H and O–H groups in total. The van der Waals surface area contributed by atoms with E-state index in [2.05, 4.69) is 15.9 Å². The van der Waals surface area contributed by atoms with E-state index in [1.165, 1.54) is 12.1 Å². The van der Waals surface area contributed by atoms with Gasteiger partial charge in [-0.25, -0.2) is 8.78 Å². The van der Waals surface area contributed by atoms with Crippen molar-refractivity contribution < 1.29 is 8.78 Å². The van der Waals surface area contributed by atoms with Crippen molar-refractivity contribution in [2.24, 2.45) is 0 Å². The van der Waals surface area contributed by atoms with Gasteiger partial charge >= 0.3 is 0 Å². The number of halogens is 3. The van der Waals surface area contributed by atoms with Crippen LogP contribution in [-0.4, -0.2) is 8.07 Å². The topological polar surface area (TPSA) is 0 Å². The van der Waals surface area contributed by atoms with Crippen LogP contribution >= 0.6 is 15.9 Å². The van der Waals surface area contributed by atoms with Gasteiger partial charge in [0, 0.05) is 10.0 Å². The quantitative estimate of drug-likeness (QED) is 0.703. The van der Waals surface area contributed by atoms with E-state index < -0.39 is 13.6 Å². The van der Waals surface area contributed by atoms with Crippen LogP contribution in [-0.2, 0) is 5.55 Å². The molecule has 78 valence electrons. The SMILES string of the molecule is C[Si](C)(C)C(F)(F)c1ccc(Br)cc1. The highest BCUT2D eigenvalue weighted by Crippen LogP contribution is 2.37. The summed E-state index contributed by atoms with van der Waals surface area (Å²) in [5, 5.41) is 0. The van der Waals surface area contributed by atoms with Crippen molar-refractivity contribution in [3.05, 3.63) is 34.3 Å². The van der Waals surface area contributed by atoms with E-state index in [1.54, 1.807) is 31.8 Å². The molecule has 4 heteroatoms. The minimum atomic E-state index is -2.66. The average Bonchev–Trinajstić information content (AvgIpc) is 2.03. The summed E-state index contributed by atoms with van der Waals surface area (Å²) >= 11 is 3.23. The summed E-state index contributed by atoms with van der Waals surface area (Å²) in [7, 11) is -2.49. The van der Waals surface area contributed by atoms with Crippen LogP contribution in [0.4, 0.5) is 8.78 Å². The Hall–Kier alpha value is -0.223. The Kier molecular flexibility index (Phi) is 3.16. The van der Waals surface area contributed by atoms with Crippen LogP contribution in [0.25, 0.3) is 0 Å². The average molecular weight is 279 g/mol. The highest BCUT2D eigenvalue weighted by atomic mass is 79.9. The summed E-state index contributed by atoms with van der Waals surface area (Å²) in [5.74, 6) is 0. The molecule has 14 heavy (non-hydrogen) atoms. The molecular formula is C10H13BrF2Si. The fraction of sp³-hybridized carbons (Fsp3) is 0.400. The van der Waals surface area contributed by atoms with Crippen molar-refractivity contribution in [2.45, 2.75) is 25.2 Å². The molecule has 1 aromatic rings. The first-order valence-corrected chi connectivity index (χ1v) is 8.68. The molecule has 1 aromatic carbocycles. The normalized spacial score (nSPS) is 13.0. The molecule has 0 aromatic heterocycles.